The molecule has 35 heavy (non-hydrogen) atoms. The van der Waals surface area contributed by atoms with E-state index >= 15 is 0 Å². The van der Waals surface area contributed by atoms with Crippen LogP contribution in [-0.2, 0) is 16.0 Å². The van der Waals surface area contributed by atoms with Gasteiger partial charge in [-0.25, -0.2) is 0 Å². The third kappa shape index (κ3) is 4.40. The number of amides is 2. The summed E-state index contributed by atoms with van der Waals surface area (Å²) in [5.74, 6) is -0.487. The molecular formula is C29H35N3O2S. The van der Waals surface area contributed by atoms with Crippen LogP contribution in [0.2, 0.25) is 0 Å². The first-order valence-corrected chi connectivity index (χ1v) is 12.8. The largest absolute Gasteiger partial charge is 0.364 e. The molecule has 0 aromatic heterocycles. The zero-order chi connectivity index (χ0) is 25.7. The van der Waals surface area contributed by atoms with E-state index < -0.39 is 11.8 Å². The highest BCUT2D eigenvalue weighted by Gasteiger charge is 2.39. The van der Waals surface area contributed by atoms with Crippen LogP contribution in [0.4, 0.5) is 11.4 Å². The Labute approximate surface area is 214 Å². The summed E-state index contributed by atoms with van der Waals surface area (Å²) in [5.41, 5.74) is 6.25. The maximum atomic E-state index is 13.6. The molecule has 1 fully saturated rings. The Morgan fingerprint density at radius 2 is 1.86 bits per heavy atom. The predicted octanol–water partition coefficient (Wildman–Crippen LogP) is 5.89. The fourth-order valence-corrected chi connectivity index (χ4v) is 6.08. The average Bonchev–Trinajstić information content (AvgIpc) is 2.76. The third-order valence-corrected chi connectivity index (χ3v) is 7.48. The lowest BCUT2D eigenvalue weighted by Crippen LogP contribution is -2.54. The normalized spacial score (nSPS) is 21.0. The van der Waals surface area contributed by atoms with E-state index in [4.69, 9.17) is 12.2 Å². The second-order valence-corrected chi connectivity index (χ2v) is 11.0. The maximum Gasteiger partial charge on any atom is 0.270 e. The van der Waals surface area contributed by atoms with Crippen molar-refractivity contribution < 1.29 is 9.59 Å². The number of carbonyl (C=O) groups excluding carboxylic acids is 2. The van der Waals surface area contributed by atoms with Crippen molar-refractivity contribution in [3.63, 3.8) is 0 Å². The van der Waals surface area contributed by atoms with E-state index in [1.54, 1.807) is 6.08 Å². The van der Waals surface area contributed by atoms with Gasteiger partial charge in [-0.15, -0.1) is 0 Å². The van der Waals surface area contributed by atoms with Gasteiger partial charge < -0.3 is 4.90 Å². The fraction of sp³-hybridized carbons (Fsp3) is 0.414. The number of nitrogens with one attached hydrogen (secondary N) is 1. The lowest BCUT2D eigenvalue weighted by Gasteiger charge is -2.50. The first-order chi connectivity index (χ1) is 16.5. The molecule has 0 bridgehead atoms. The highest BCUT2D eigenvalue weighted by molar-refractivity contribution is 7.80. The van der Waals surface area contributed by atoms with E-state index in [0.717, 1.165) is 29.5 Å². The lowest BCUT2D eigenvalue weighted by molar-refractivity contribution is -0.122. The van der Waals surface area contributed by atoms with Crippen molar-refractivity contribution in [1.29, 1.82) is 0 Å². The molecule has 1 atom stereocenters. The van der Waals surface area contributed by atoms with Gasteiger partial charge in [0, 0.05) is 17.3 Å². The van der Waals surface area contributed by atoms with Crippen LogP contribution >= 0.6 is 12.2 Å². The van der Waals surface area contributed by atoms with E-state index in [9.17, 15) is 9.59 Å². The Bertz CT molecular complexity index is 1240. The molecule has 2 heterocycles. The molecule has 2 aliphatic heterocycles. The van der Waals surface area contributed by atoms with E-state index in [-0.39, 0.29) is 16.2 Å². The highest BCUT2D eigenvalue weighted by atomic mass is 32.1. The summed E-state index contributed by atoms with van der Waals surface area (Å²) in [4.78, 5) is 30.5. The molecule has 2 aromatic rings. The van der Waals surface area contributed by atoms with Gasteiger partial charge in [-0.1, -0.05) is 32.0 Å². The smallest absolute Gasteiger partial charge is 0.270 e. The van der Waals surface area contributed by atoms with Crippen LogP contribution < -0.4 is 15.1 Å². The number of carbonyl (C=O) groups is 2. The van der Waals surface area contributed by atoms with Gasteiger partial charge in [-0.05, 0) is 112 Å². The molecule has 2 aromatic carbocycles. The molecule has 4 rings (SSSR count). The van der Waals surface area contributed by atoms with Crippen molar-refractivity contribution in [3.8, 4) is 0 Å². The fourth-order valence-electron chi connectivity index (χ4n) is 5.81. The molecular weight excluding hydrogens is 454 g/mol. The number of thiocarbonyl (C=S) groups is 1. The molecule has 0 spiro atoms. The lowest BCUT2D eigenvalue weighted by atomic mass is 9.78. The molecule has 1 N–H and O–H groups in total. The van der Waals surface area contributed by atoms with E-state index in [1.807, 2.05) is 38.1 Å². The molecule has 2 aliphatic rings. The quantitative estimate of drug-likeness (QED) is 0.331. The number of hydrogen-bond acceptors (Lipinski definition) is 4. The Morgan fingerprint density at radius 3 is 2.51 bits per heavy atom. The standard InChI is InChI=1S/C29H35N3O2S/c1-8-20-11-9-10-12-24(20)31-27(34)23(26(33)30-28(31)35)15-21-14-22-19(5)16-29(6,7)32(17(2)3)25(22)13-18(21)4/h9-15,17,19H,8,16H2,1-7H3,(H,30,33,35)/b23-15+/t19-/m0/s1. The van der Waals surface area contributed by atoms with Crippen LogP contribution in [0.15, 0.2) is 42.0 Å². The molecule has 0 unspecified atom stereocenters. The van der Waals surface area contributed by atoms with Crippen molar-refractivity contribution in [2.45, 2.75) is 78.8 Å². The summed E-state index contributed by atoms with van der Waals surface area (Å²) in [6.07, 6.45) is 3.51. The minimum Gasteiger partial charge on any atom is -0.364 e. The molecule has 2 amide bonds. The van der Waals surface area contributed by atoms with Gasteiger partial charge in [0.2, 0.25) is 0 Å². The average molecular weight is 490 g/mol. The topological polar surface area (TPSA) is 52.7 Å². The van der Waals surface area contributed by atoms with Crippen molar-refractivity contribution in [3.05, 3.63) is 64.2 Å². The van der Waals surface area contributed by atoms with Crippen molar-refractivity contribution in [2.75, 3.05) is 9.80 Å². The van der Waals surface area contributed by atoms with E-state index in [2.05, 4.69) is 57.0 Å². The monoisotopic (exact) mass is 489 g/mol. The number of hydrogen-bond donors (Lipinski definition) is 1. The maximum absolute atomic E-state index is 13.6. The Kier molecular flexibility index (Phi) is 6.62. The molecule has 184 valence electrons. The highest BCUT2D eigenvalue weighted by Crippen LogP contribution is 2.45. The Balaban J connectivity index is 1.80. The van der Waals surface area contributed by atoms with Gasteiger partial charge in [-0.3, -0.25) is 19.8 Å². The van der Waals surface area contributed by atoms with Crippen molar-refractivity contribution in [2.24, 2.45) is 0 Å². The molecule has 6 heteroatoms. The van der Waals surface area contributed by atoms with Gasteiger partial charge in [0.15, 0.2) is 5.11 Å². The second kappa shape index (κ2) is 9.23. The summed E-state index contributed by atoms with van der Waals surface area (Å²) in [5, 5.41) is 2.84. The summed E-state index contributed by atoms with van der Waals surface area (Å²) < 4.78 is 0. The predicted molar refractivity (Wildman–Crippen MR) is 148 cm³/mol. The van der Waals surface area contributed by atoms with Gasteiger partial charge in [-0.2, -0.15) is 0 Å². The minimum atomic E-state index is -0.458. The third-order valence-electron chi connectivity index (χ3n) is 7.19. The molecule has 5 nitrogen and oxygen atoms in total. The first-order valence-electron chi connectivity index (χ1n) is 12.4. The zero-order valence-electron chi connectivity index (χ0n) is 21.7. The van der Waals surface area contributed by atoms with Gasteiger partial charge in [0.05, 0.1) is 5.69 Å². The number of para-hydroxylation sites is 1. The van der Waals surface area contributed by atoms with Crippen LogP contribution in [0.1, 0.15) is 76.1 Å². The minimum absolute atomic E-state index is 0.0507. The van der Waals surface area contributed by atoms with Crippen LogP contribution in [0.25, 0.3) is 6.08 Å². The number of nitrogens with zero attached hydrogens (tertiary/aromatic N) is 2. The Morgan fingerprint density at radius 1 is 1.17 bits per heavy atom. The summed E-state index contributed by atoms with van der Waals surface area (Å²) in [6.45, 7) is 15.4. The number of rotatable bonds is 4. The first kappa shape index (κ1) is 25.1. The van der Waals surface area contributed by atoms with Gasteiger partial charge in [0.1, 0.15) is 5.57 Å². The van der Waals surface area contributed by atoms with E-state index in [0.29, 0.717) is 17.6 Å². The van der Waals surface area contributed by atoms with Crippen molar-refractivity contribution >= 4 is 46.6 Å². The summed E-state index contributed by atoms with van der Waals surface area (Å²) in [6, 6.07) is 12.4. The van der Waals surface area contributed by atoms with Crippen molar-refractivity contribution in [1.82, 2.24) is 5.32 Å². The summed E-state index contributed by atoms with van der Waals surface area (Å²) in [7, 11) is 0. The molecule has 0 saturated carbocycles. The number of benzene rings is 2. The van der Waals surface area contributed by atoms with Crippen LogP contribution in [0.3, 0.4) is 0 Å². The second-order valence-electron chi connectivity index (χ2n) is 10.6. The molecule has 0 aliphatic carbocycles. The number of fused-ring (bicyclic) bond motifs is 1. The molecule has 1 saturated heterocycles. The Hall–Kier alpha value is -2.99. The van der Waals surface area contributed by atoms with Crippen LogP contribution in [0, 0.1) is 6.92 Å². The SMILES string of the molecule is CCc1ccccc1N1C(=O)/C(=C/c2cc3c(cc2C)N(C(C)C)C(C)(C)C[C@@H]3C)C(=O)NC1=S. The van der Waals surface area contributed by atoms with E-state index in [1.165, 1.54) is 16.2 Å². The zero-order valence-corrected chi connectivity index (χ0v) is 22.5. The van der Waals surface area contributed by atoms with Gasteiger partial charge >= 0.3 is 0 Å². The van der Waals surface area contributed by atoms with Gasteiger partial charge in [0.25, 0.3) is 11.8 Å². The summed E-state index contributed by atoms with van der Waals surface area (Å²) >= 11 is 5.41. The number of anilines is 2. The van der Waals surface area contributed by atoms with Crippen LogP contribution in [-0.4, -0.2) is 28.5 Å². The van der Waals surface area contributed by atoms with Crippen LogP contribution in [0.5, 0.6) is 0 Å². The molecule has 0 radical (unpaired) electrons. The number of aryl methyl sites for hydroxylation is 2.